The van der Waals surface area contributed by atoms with Gasteiger partial charge < -0.3 is 50.7 Å². The van der Waals surface area contributed by atoms with E-state index in [1.54, 1.807) is 4.90 Å². The first-order valence-corrected chi connectivity index (χ1v) is 23.4. The number of methoxy groups -OCH3 is 1. The molecule has 4 saturated carbocycles. The molecule has 2 aromatic heterocycles. The van der Waals surface area contributed by atoms with Crippen LogP contribution in [0.5, 0.6) is 0 Å². The zero-order valence-corrected chi connectivity index (χ0v) is 41.5. The molecule has 0 aromatic carbocycles. The number of nitrogens with one attached hydrogen (secondary N) is 1. The summed E-state index contributed by atoms with van der Waals surface area (Å²) in [7, 11) is 3.54. The number of hydrogen-bond donors (Lipinski definition) is 3. The molecule has 4 aliphatic carbocycles. The average Bonchev–Trinajstić information content (AvgIpc) is 4.15. The predicted molar refractivity (Wildman–Crippen MR) is 235 cm³/mol. The molecule has 0 spiro atoms. The van der Waals surface area contributed by atoms with Gasteiger partial charge in [-0.15, -0.1) is 0 Å². The first kappa shape index (κ1) is 53.3. The van der Waals surface area contributed by atoms with Crippen molar-refractivity contribution in [3.05, 3.63) is 23.4 Å². The second-order valence-electron chi connectivity index (χ2n) is 18.9. The van der Waals surface area contributed by atoms with E-state index < -0.39 is 5.60 Å². The fraction of sp³-hybridized carbons (Fsp3) is 0.822. The Labute approximate surface area is 403 Å². The Bertz CT molecular complexity index is 1720. The molecule has 8 fully saturated rings. The summed E-state index contributed by atoms with van der Waals surface area (Å²) in [6.07, 6.45) is 17.5. The number of esters is 1. The van der Waals surface area contributed by atoms with E-state index in [1.165, 1.54) is 45.6 Å². The van der Waals surface area contributed by atoms with Gasteiger partial charge >= 0.3 is 41.6 Å². The average molecular weight is 907 g/mol. The summed E-state index contributed by atoms with van der Waals surface area (Å²) in [6.45, 7) is 13.2. The maximum Gasteiger partial charge on any atom is 1.00 e. The number of aromatic nitrogens is 4. The standard InChI is InChI=1S/C15H23N3O3.C10H15N3O.C8H15NO2.C4H8N2O.C4H5N.C4H8O.Na.H/c1-15(2,3)20-14(19)18-8-6-11(7-9-18)13-16-12(17-21-13)10-4-5-10;1-2-7(1)9-12-10(14-13-9)8-3-5-11-6-4-8;1-9-5-3-7(4-6-9)8(10)11-2;5-4(6-7)3-1-2-3;5-3-4-1-2-4;1-2-4-5-3-1;;/h10-11H,4-9H2,1-3H3;7-8,11H,1-6H2;7H,3-6H2,1-2H3;3,7H,1-2H2,(H2,5,6);4H,1-2H2;1-4H2;;/q;;;;;;+1;-1. The molecule has 10 rings (SSSR count). The van der Waals surface area contributed by atoms with Crippen molar-refractivity contribution in [3.8, 4) is 6.07 Å². The molecule has 2 aromatic rings. The number of rotatable bonds is 6. The second kappa shape index (κ2) is 27.3. The maximum atomic E-state index is 12.0. The number of carbonyl (C=O) groups excluding carboxylic acids is 2. The van der Waals surface area contributed by atoms with Gasteiger partial charge in [0.1, 0.15) is 11.4 Å². The zero-order chi connectivity index (χ0) is 45.2. The minimum Gasteiger partial charge on any atom is -1.00 e. The van der Waals surface area contributed by atoms with Gasteiger partial charge in [0.15, 0.2) is 11.6 Å². The fourth-order valence-electron chi connectivity index (χ4n) is 7.14. The van der Waals surface area contributed by atoms with Crippen LogP contribution in [-0.4, -0.2) is 125 Å². The van der Waals surface area contributed by atoms with E-state index in [0.717, 1.165) is 127 Å². The van der Waals surface area contributed by atoms with Crippen molar-refractivity contribution in [3.63, 3.8) is 0 Å². The number of amides is 1. The molecular weight excluding hydrogens is 832 g/mol. The van der Waals surface area contributed by atoms with Crippen LogP contribution in [0.1, 0.15) is 172 Å². The second-order valence-corrected chi connectivity index (χ2v) is 18.9. The van der Waals surface area contributed by atoms with Crippen LogP contribution in [0.4, 0.5) is 4.79 Å². The van der Waals surface area contributed by atoms with Gasteiger partial charge in [-0.2, -0.15) is 15.2 Å². The third-order valence-electron chi connectivity index (χ3n) is 11.9. The number of likely N-dealkylation sites (tertiary alicyclic amines) is 2. The Balaban J connectivity index is 0.000000222. The molecule has 4 saturated heterocycles. The molecule has 4 N–H and O–H groups in total. The van der Waals surface area contributed by atoms with Crippen molar-refractivity contribution >= 4 is 17.9 Å². The zero-order valence-electron chi connectivity index (χ0n) is 40.5. The van der Waals surface area contributed by atoms with Gasteiger partial charge in [0, 0.05) is 61.8 Å². The number of oxime groups is 1. The summed E-state index contributed by atoms with van der Waals surface area (Å²) in [5.74, 6) is 6.63. The van der Waals surface area contributed by atoms with E-state index in [0.29, 0.717) is 48.5 Å². The molecule has 4 aliphatic heterocycles. The number of nitriles is 1. The molecule has 1 amide bonds. The van der Waals surface area contributed by atoms with Crippen molar-refractivity contribution in [1.29, 1.82) is 5.26 Å². The SMILES string of the molecule is C1CC(c2nc(C3CC3)no2)CCN1.C1CCOC1.CC(C)(C)OC(=O)N1CCC(c2nc(C3CC3)no2)CC1.COC(=O)C1CCN(C)CC1.N#CC1CC1.N/C(=N\O)C1CC1.[H-].[Na+]. The van der Waals surface area contributed by atoms with Gasteiger partial charge in [0.2, 0.25) is 11.8 Å². The number of piperidine rings is 3. The van der Waals surface area contributed by atoms with E-state index in [1.807, 2.05) is 20.8 Å². The summed E-state index contributed by atoms with van der Waals surface area (Å²) < 4.78 is 25.7. The van der Waals surface area contributed by atoms with Gasteiger partial charge in [0.25, 0.3) is 0 Å². The number of nitrogens with two attached hydrogens (primary N) is 1. The number of hydrogen-bond acceptors (Lipinski definition) is 16. The molecule has 0 atom stereocenters. The predicted octanol–water partition coefficient (Wildman–Crippen LogP) is 3.95. The molecule has 6 heterocycles. The van der Waals surface area contributed by atoms with E-state index in [2.05, 4.69) is 53.5 Å². The Hall–Kier alpha value is -3.34. The van der Waals surface area contributed by atoms with Crippen LogP contribution in [0.25, 0.3) is 0 Å². The van der Waals surface area contributed by atoms with Crippen LogP contribution in [0.3, 0.4) is 0 Å². The van der Waals surface area contributed by atoms with E-state index in [-0.39, 0.29) is 54.9 Å². The van der Waals surface area contributed by atoms with Crippen LogP contribution in [0, 0.1) is 29.1 Å². The molecule has 0 bridgehead atoms. The molecule has 18 nitrogen and oxygen atoms in total. The van der Waals surface area contributed by atoms with Gasteiger partial charge in [-0.25, -0.2) is 4.79 Å². The third kappa shape index (κ3) is 20.0. The Kier molecular flexibility index (Phi) is 22.8. The first-order chi connectivity index (χ1) is 30.4. The molecule has 19 heteroatoms. The van der Waals surface area contributed by atoms with E-state index >= 15 is 0 Å². The Morgan fingerprint density at radius 2 is 1.31 bits per heavy atom. The molecule has 354 valence electrons. The number of carbonyl (C=O) groups is 2. The van der Waals surface area contributed by atoms with Crippen molar-refractivity contribution in [1.82, 2.24) is 35.4 Å². The largest absolute Gasteiger partial charge is 1.00 e. The molecule has 0 radical (unpaired) electrons. The van der Waals surface area contributed by atoms with E-state index in [4.69, 9.17) is 34.7 Å². The monoisotopic (exact) mass is 907 g/mol. The van der Waals surface area contributed by atoms with E-state index in [9.17, 15) is 9.59 Å². The smallest absolute Gasteiger partial charge is 1.00 e. The quantitative estimate of drug-likeness (QED) is 0.0929. The fourth-order valence-corrected chi connectivity index (χ4v) is 7.14. The Morgan fingerprint density at radius 1 is 0.797 bits per heavy atom. The summed E-state index contributed by atoms with van der Waals surface area (Å²) in [5, 5.41) is 30.3. The number of nitrogens with zero attached hydrogens (tertiary/aromatic N) is 8. The van der Waals surface area contributed by atoms with Gasteiger partial charge in [-0.05, 0) is 157 Å². The maximum absolute atomic E-state index is 12.0. The third-order valence-corrected chi connectivity index (χ3v) is 11.9. The van der Waals surface area contributed by atoms with Gasteiger partial charge in [-0.1, -0.05) is 15.5 Å². The van der Waals surface area contributed by atoms with Crippen LogP contribution in [-0.2, 0) is 19.0 Å². The van der Waals surface area contributed by atoms with Crippen molar-refractivity contribution in [2.24, 2.45) is 28.6 Å². The molecule has 8 aliphatic rings. The summed E-state index contributed by atoms with van der Waals surface area (Å²) >= 11 is 0. The van der Waals surface area contributed by atoms with Crippen molar-refractivity contribution < 1.29 is 69.0 Å². The van der Waals surface area contributed by atoms with Crippen molar-refractivity contribution in [2.45, 2.75) is 153 Å². The number of amidine groups is 1. The minimum absolute atomic E-state index is 0. The van der Waals surface area contributed by atoms with Crippen molar-refractivity contribution in [2.75, 3.05) is 66.6 Å². The topological polar surface area (TPSA) is 241 Å². The molecule has 0 unspecified atom stereocenters. The Morgan fingerprint density at radius 3 is 1.67 bits per heavy atom. The van der Waals surface area contributed by atoms with Crippen LogP contribution >= 0.6 is 0 Å². The summed E-state index contributed by atoms with van der Waals surface area (Å²) in [5.41, 5.74) is 4.73. The van der Waals surface area contributed by atoms with Crippen LogP contribution < -0.4 is 40.6 Å². The minimum atomic E-state index is -0.445. The van der Waals surface area contributed by atoms with Gasteiger partial charge in [0.05, 0.1) is 19.1 Å². The van der Waals surface area contributed by atoms with Crippen LogP contribution in [0.2, 0.25) is 0 Å². The van der Waals surface area contributed by atoms with Crippen LogP contribution in [0.15, 0.2) is 14.2 Å². The molecule has 64 heavy (non-hydrogen) atoms. The summed E-state index contributed by atoms with van der Waals surface area (Å²) in [4.78, 5) is 36.0. The normalized spacial score (nSPS) is 21.8. The summed E-state index contributed by atoms with van der Waals surface area (Å²) in [6, 6.07) is 2.14. The number of ether oxygens (including phenoxy) is 3. The molecular formula is C45H75N10NaO8. The first-order valence-electron chi connectivity index (χ1n) is 23.4. The van der Waals surface area contributed by atoms with Gasteiger partial charge in [-0.3, -0.25) is 4.79 Å².